The van der Waals surface area contributed by atoms with Gasteiger partial charge in [0.05, 0.1) is 4.47 Å². The van der Waals surface area contributed by atoms with E-state index in [2.05, 4.69) is 33.3 Å². The van der Waals surface area contributed by atoms with Crippen molar-refractivity contribution in [3.05, 3.63) is 52.3 Å². The third kappa shape index (κ3) is 2.86. The van der Waals surface area contributed by atoms with Crippen molar-refractivity contribution in [2.24, 2.45) is 5.84 Å². The number of aryl methyl sites for hydroxylation is 1. The second-order valence-electron chi connectivity index (χ2n) is 4.22. The van der Waals surface area contributed by atoms with Gasteiger partial charge in [0.15, 0.2) is 0 Å². The van der Waals surface area contributed by atoms with Gasteiger partial charge < -0.3 is 4.57 Å². The van der Waals surface area contributed by atoms with Gasteiger partial charge in [-0.25, -0.2) is 14.8 Å². The van der Waals surface area contributed by atoms with Crippen LogP contribution in [0.5, 0.6) is 0 Å². The third-order valence-electron chi connectivity index (χ3n) is 2.93. The molecule has 0 aliphatic heterocycles. The molecule has 19 heavy (non-hydrogen) atoms. The van der Waals surface area contributed by atoms with Crippen LogP contribution >= 0.6 is 15.9 Å². The Hall–Kier alpha value is -1.24. The van der Waals surface area contributed by atoms with E-state index in [1.54, 1.807) is 12.3 Å². The van der Waals surface area contributed by atoms with Crippen molar-refractivity contribution in [2.45, 2.75) is 25.9 Å². The molecular weight excluding hydrogens is 311 g/mol. The van der Waals surface area contributed by atoms with Gasteiger partial charge in [0, 0.05) is 18.9 Å². The quantitative estimate of drug-likeness (QED) is 0.656. The van der Waals surface area contributed by atoms with Crippen LogP contribution < -0.4 is 11.3 Å². The first-order valence-electron chi connectivity index (χ1n) is 6.10. The smallest absolute Gasteiger partial charge is 0.137 e. The molecule has 3 N–H and O–H groups in total. The Balaban J connectivity index is 2.44. The first-order valence-corrected chi connectivity index (χ1v) is 6.89. The van der Waals surface area contributed by atoms with Crippen LogP contribution in [0, 0.1) is 5.82 Å². The summed E-state index contributed by atoms with van der Waals surface area (Å²) in [5.74, 6) is 6.09. The lowest BCUT2D eigenvalue weighted by atomic mass is 10.1. The maximum absolute atomic E-state index is 13.6. The van der Waals surface area contributed by atoms with Gasteiger partial charge in [-0.1, -0.05) is 19.1 Å². The second kappa shape index (κ2) is 6.27. The average Bonchev–Trinajstić information content (AvgIpc) is 2.84. The molecule has 2 rings (SSSR count). The van der Waals surface area contributed by atoms with Gasteiger partial charge in [-0.15, -0.1) is 0 Å². The van der Waals surface area contributed by atoms with Crippen molar-refractivity contribution in [3.8, 4) is 0 Å². The highest BCUT2D eigenvalue weighted by Gasteiger charge is 2.21. The molecule has 0 saturated carbocycles. The topological polar surface area (TPSA) is 55.9 Å². The lowest BCUT2D eigenvalue weighted by Gasteiger charge is -2.19. The van der Waals surface area contributed by atoms with Crippen molar-refractivity contribution >= 4 is 15.9 Å². The van der Waals surface area contributed by atoms with Gasteiger partial charge in [-0.2, -0.15) is 0 Å². The van der Waals surface area contributed by atoms with Gasteiger partial charge >= 0.3 is 0 Å². The molecule has 0 amide bonds. The van der Waals surface area contributed by atoms with Gasteiger partial charge in [-0.3, -0.25) is 5.84 Å². The van der Waals surface area contributed by atoms with Crippen LogP contribution in [0.3, 0.4) is 0 Å². The van der Waals surface area contributed by atoms with Crippen LogP contribution in [0.1, 0.15) is 30.8 Å². The lowest BCUT2D eigenvalue weighted by molar-refractivity contribution is 0.538. The Labute approximate surface area is 119 Å². The molecule has 4 nitrogen and oxygen atoms in total. The monoisotopic (exact) mass is 326 g/mol. The number of nitrogens with two attached hydrogens (primary N) is 1. The predicted octanol–water partition coefficient (Wildman–Crippen LogP) is 2.75. The Kier molecular flexibility index (Phi) is 4.68. The summed E-state index contributed by atoms with van der Waals surface area (Å²) < 4.78 is 16.0. The third-order valence-corrected chi connectivity index (χ3v) is 3.77. The highest BCUT2D eigenvalue weighted by Crippen LogP contribution is 2.29. The maximum atomic E-state index is 13.6. The zero-order chi connectivity index (χ0) is 13.8. The Morgan fingerprint density at radius 1 is 1.53 bits per heavy atom. The Bertz CT molecular complexity index is 555. The van der Waals surface area contributed by atoms with Gasteiger partial charge in [0.1, 0.15) is 17.7 Å². The van der Waals surface area contributed by atoms with Crippen molar-refractivity contribution in [1.29, 1.82) is 0 Å². The Morgan fingerprint density at radius 2 is 2.32 bits per heavy atom. The largest absolute Gasteiger partial charge is 0.333 e. The summed E-state index contributed by atoms with van der Waals surface area (Å²) in [4.78, 5) is 4.33. The molecule has 0 bridgehead atoms. The normalized spacial score (nSPS) is 12.6. The van der Waals surface area contributed by atoms with E-state index in [0.717, 1.165) is 24.4 Å². The molecule has 1 unspecified atom stereocenters. The number of hydrogen-bond donors (Lipinski definition) is 2. The van der Waals surface area contributed by atoms with Gasteiger partial charge in [0.25, 0.3) is 0 Å². The summed E-state index contributed by atoms with van der Waals surface area (Å²) in [5, 5.41) is 0. The van der Waals surface area contributed by atoms with Gasteiger partial charge in [-0.05, 0) is 34.0 Å². The summed E-state index contributed by atoms with van der Waals surface area (Å²) in [6.45, 7) is 2.94. The van der Waals surface area contributed by atoms with Crippen LogP contribution in [0.25, 0.3) is 0 Å². The molecule has 0 spiro atoms. The summed E-state index contributed by atoms with van der Waals surface area (Å²) >= 11 is 3.26. The minimum Gasteiger partial charge on any atom is -0.333 e. The van der Waals surface area contributed by atoms with E-state index in [0.29, 0.717) is 4.47 Å². The minimum atomic E-state index is -0.355. The number of hydrogen-bond acceptors (Lipinski definition) is 3. The van der Waals surface area contributed by atoms with E-state index < -0.39 is 0 Å². The number of benzene rings is 1. The second-order valence-corrected chi connectivity index (χ2v) is 5.01. The Morgan fingerprint density at radius 3 is 3.00 bits per heavy atom. The van der Waals surface area contributed by atoms with Crippen molar-refractivity contribution in [2.75, 3.05) is 0 Å². The van der Waals surface area contributed by atoms with Crippen LogP contribution in [-0.4, -0.2) is 9.55 Å². The molecule has 1 aromatic heterocycles. The molecule has 1 heterocycles. The fourth-order valence-electron chi connectivity index (χ4n) is 2.06. The number of aromatic nitrogens is 2. The molecule has 0 aliphatic rings. The zero-order valence-electron chi connectivity index (χ0n) is 10.6. The fraction of sp³-hybridized carbons (Fsp3) is 0.308. The number of nitrogens with one attached hydrogen (secondary N) is 1. The summed E-state index contributed by atoms with van der Waals surface area (Å²) in [5.41, 5.74) is 3.44. The molecule has 1 atom stereocenters. The molecule has 102 valence electrons. The predicted molar refractivity (Wildman–Crippen MR) is 75.8 cm³/mol. The van der Waals surface area contributed by atoms with E-state index >= 15 is 0 Å². The summed E-state index contributed by atoms with van der Waals surface area (Å²) in [6, 6.07) is 4.53. The first-order chi connectivity index (χ1) is 9.19. The summed E-state index contributed by atoms with van der Waals surface area (Å²) in [7, 11) is 0. The number of halogens is 2. The van der Waals surface area contributed by atoms with Crippen molar-refractivity contribution in [1.82, 2.24) is 15.0 Å². The number of hydrazine groups is 1. The van der Waals surface area contributed by atoms with E-state index in [9.17, 15) is 4.39 Å². The SMILES string of the molecule is CCCn1ccnc1C(NN)c1cccc(F)c1Br. The van der Waals surface area contributed by atoms with Gasteiger partial charge in [0.2, 0.25) is 0 Å². The van der Waals surface area contributed by atoms with E-state index in [1.807, 2.05) is 16.8 Å². The lowest BCUT2D eigenvalue weighted by Crippen LogP contribution is -2.31. The molecule has 1 aromatic carbocycles. The van der Waals surface area contributed by atoms with E-state index in [1.165, 1.54) is 6.07 Å². The molecule has 0 saturated heterocycles. The first kappa shape index (κ1) is 14.2. The van der Waals surface area contributed by atoms with E-state index in [-0.39, 0.29) is 11.9 Å². The van der Waals surface area contributed by atoms with Crippen LogP contribution in [0.2, 0.25) is 0 Å². The molecule has 0 radical (unpaired) electrons. The average molecular weight is 327 g/mol. The number of nitrogens with zero attached hydrogens (tertiary/aromatic N) is 2. The fourth-order valence-corrected chi connectivity index (χ4v) is 2.55. The van der Waals surface area contributed by atoms with Crippen LogP contribution in [-0.2, 0) is 6.54 Å². The van der Waals surface area contributed by atoms with Crippen LogP contribution in [0.15, 0.2) is 35.1 Å². The number of rotatable bonds is 5. The van der Waals surface area contributed by atoms with Crippen molar-refractivity contribution in [3.63, 3.8) is 0 Å². The number of imidazole rings is 1. The molecule has 2 aromatic rings. The molecule has 0 fully saturated rings. The highest BCUT2D eigenvalue weighted by atomic mass is 79.9. The van der Waals surface area contributed by atoms with Crippen LogP contribution in [0.4, 0.5) is 4.39 Å². The highest BCUT2D eigenvalue weighted by molar-refractivity contribution is 9.10. The maximum Gasteiger partial charge on any atom is 0.137 e. The molecule has 0 aliphatic carbocycles. The molecular formula is C13H16BrFN4. The van der Waals surface area contributed by atoms with E-state index in [4.69, 9.17) is 5.84 Å². The molecule has 6 heteroatoms. The zero-order valence-corrected chi connectivity index (χ0v) is 12.2. The standard InChI is InChI=1S/C13H16BrFN4/c1-2-7-19-8-6-17-13(19)12(18-16)9-4-3-5-10(15)11(9)14/h3-6,8,12,18H,2,7,16H2,1H3. The van der Waals surface area contributed by atoms with Crippen molar-refractivity contribution < 1.29 is 4.39 Å². The summed E-state index contributed by atoms with van der Waals surface area (Å²) in [6.07, 6.45) is 4.61. The minimum absolute atomic E-state index is 0.314.